The molecule has 1 amide bonds. The number of rotatable bonds is 5. The Morgan fingerprint density at radius 3 is 2.73 bits per heavy atom. The van der Waals surface area contributed by atoms with Gasteiger partial charge in [0.25, 0.3) is 5.91 Å². The number of hydrogen-bond donors (Lipinski definition) is 0. The van der Waals surface area contributed by atoms with E-state index in [0.717, 1.165) is 19.3 Å². The molecule has 1 heterocycles. The number of likely N-dealkylation sites (N-methyl/N-ethyl adjacent to an activating group) is 1. The summed E-state index contributed by atoms with van der Waals surface area (Å²) in [5.74, 6) is -0.515. The molecule has 4 nitrogen and oxygen atoms in total. The van der Waals surface area contributed by atoms with Gasteiger partial charge in [0.05, 0.1) is 0 Å². The Hall–Kier alpha value is -2.21. The number of thiophene rings is 1. The van der Waals surface area contributed by atoms with E-state index in [0.29, 0.717) is 23.0 Å². The maximum Gasteiger partial charge on any atom is 0.348 e. The molecule has 6 heteroatoms. The van der Waals surface area contributed by atoms with E-state index in [4.69, 9.17) is 4.74 Å². The van der Waals surface area contributed by atoms with E-state index in [9.17, 15) is 14.0 Å². The normalized spacial score (nSPS) is 16.0. The standard InChI is InChI=1S/C20H22FNO3S/c1-3-22(16-7-5-15(21)6-8-16)19(23)12-25-20(24)18-11-14-10-13(2)4-9-17(14)26-18/h5-8,11,13H,3-4,9-10,12H2,1-2H3/t13-/m1/s1. The molecule has 1 aliphatic carbocycles. The number of nitrogens with zero attached hydrogens (tertiary/aromatic N) is 1. The van der Waals surface area contributed by atoms with Crippen molar-refractivity contribution in [2.24, 2.45) is 5.92 Å². The van der Waals surface area contributed by atoms with Crippen LogP contribution in [-0.4, -0.2) is 25.0 Å². The van der Waals surface area contributed by atoms with Gasteiger partial charge in [-0.1, -0.05) is 6.92 Å². The summed E-state index contributed by atoms with van der Waals surface area (Å²) in [6.45, 7) is 4.11. The zero-order valence-electron chi connectivity index (χ0n) is 15.0. The van der Waals surface area contributed by atoms with Crippen molar-refractivity contribution in [1.82, 2.24) is 0 Å². The van der Waals surface area contributed by atoms with Gasteiger partial charge in [-0.2, -0.15) is 0 Å². The molecule has 138 valence electrons. The number of carbonyl (C=O) groups excluding carboxylic acids is 2. The number of fused-ring (bicyclic) bond motifs is 1. The average molecular weight is 375 g/mol. The van der Waals surface area contributed by atoms with Crippen LogP contribution in [-0.2, 0) is 22.4 Å². The smallest absolute Gasteiger partial charge is 0.348 e. The molecule has 0 radical (unpaired) electrons. The number of aryl methyl sites for hydroxylation is 1. The lowest BCUT2D eigenvalue weighted by Crippen LogP contribution is -2.34. The molecule has 1 atom stereocenters. The van der Waals surface area contributed by atoms with Crippen LogP contribution >= 0.6 is 11.3 Å². The second-order valence-electron chi connectivity index (χ2n) is 6.60. The van der Waals surface area contributed by atoms with Crippen LogP contribution in [0.2, 0.25) is 0 Å². The molecule has 26 heavy (non-hydrogen) atoms. The molecule has 0 aliphatic heterocycles. The van der Waals surface area contributed by atoms with E-state index >= 15 is 0 Å². The van der Waals surface area contributed by atoms with Crippen LogP contribution in [0.15, 0.2) is 30.3 Å². The highest BCUT2D eigenvalue weighted by molar-refractivity contribution is 7.14. The van der Waals surface area contributed by atoms with Gasteiger partial charge in [-0.05, 0) is 68.0 Å². The lowest BCUT2D eigenvalue weighted by Gasteiger charge is -2.20. The predicted octanol–water partition coefficient (Wildman–Crippen LogP) is 4.22. The molecule has 0 saturated carbocycles. The van der Waals surface area contributed by atoms with Gasteiger partial charge in [0.15, 0.2) is 6.61 Å². The Bertz CT molecular complexity index is 800. The van der Waals surface area contributed by atoms with E-state index in [1.807, 2.05) is 13.0 Å². The molecule has 0 bridgehead atoms. The molecule has 0 saturated heterocycles. The molecule has 0 unspecified atom stereocenters. The summed E-state index contributed by atoms with van der Waals surface area (Å²) >= 11 is 1.47. The number of ether oxygens (including phenoxy) is 1. The van der Waals surface area contributed by atoms with Gasteiger partial charge in [-0.3, -0.25) is 4.79 Å². The zero-order chi connectivity index (χ0) is 18.7. The van der Waals surface area contributed by atoms with E-state index in [1.165, 1.54) is 50.9 Å². The minimum absolute atomic E-state index is 0.330. The molecule has 1 aliphatic rings. The highest BCUT2D eigenvalue weighted by atomic mass is 32.1. The number of amides is 1. The SMILES string of the molecule is CCN(C(=O)COC(=O)c1cc2c(s1)CC[C@@H](C)C2)c1ccc(F)cc1. The Labute approximate surface area is 156 Å². The number of benzene rings is 1. The van der Waals surface area contributed by atoms with Crippen molar-refractivity contribution in [1.29, 1.82) is 0 Å². The Morgan fingerprint density at radius 2 is 2.04 bits per heavy atom. The largest absolute Gasteiger partial charge is 0.451 e. The van der Waals surface area contributed by atoms with E-state index in [1.54, 1.807) is 0 Å². The van der Waals surface area contributed by atoms with E-state index in [2.05, 4.69) is 6.92 Å². The van der Waals surface area contributed by atoms with Crippen LogP contribution in [0.25, 0.3) is 0 Å². The van der Waals surface area contributed by atoms with Crippen LogP contribution in [0.4, 0.5) is 10.1 Å². The topological polar surface area (TPSA) is 46.6 Å². The third-order valence-electron chi connectivity index (χ3n) is 4.61. The number of esters is 1. The highest BCUT2D eigenvalue weighted by Gasteiger charge is 2.22. The predicted molar refractivity (Wildman–Crippen MR) is 100 cm³/mol. The second-order valence-corrected chi connectivity index (χ2v) is 7.73. The monoisotopic (exact) mass is 375 g/mol. The maximum atomic E-state index is 13.0. The summed E-state index contributed by atoms with van der Waals surface area (Å²) in [6, 6.07) is 7.57. The fourth-order valence-corrected chi connectivity index (χ4v) is 4.31. The van der Waals surface area contributed by atoms with Crippen LogP contribution < -0.4 is 4.90 Å². The fraction of sp³-hybridized carbons (Fsp3) is 0.400. The zero-order valence-corrected chi connectivity index (χ0v) is 15.8. The Morgan fingerprint density at radius 1 is 1.31 bits per heavy atom. The molecular formula is C20H22FNO3S. The molecule has 2 aromatic rings. The van der Waals surface area contributed by atoms with Crippen LogP contribution in [0, 0.1) is 11.7 Å². The molecular weight excluding hydrogens is 353 g/mol. The van der Waals surface area contributed by atoms with Crippen molar-refractivity contribution in [2.45, 2.75) is 33.1 Å². The van der Waals surface area contributed by atoms with Gasteiger partial charge >= 0.3 is 5.97 Å². The second kappa shape index (κ2) is 7.99. The minimum atomic E-state index is -0.458. The van der Waals surface area contributed by atoms with Crippen molar-refractivity contribution in [3.05, 3.63) is 51.5 Å². The fourth-order valence-electron chi connectivity index (χ4n) is 3.21. The average Bonchev–Trinajstić information content (AvgIpc) is 3.05. The van der Waals surface area contributed by atoms with Crippen molar-refractivity contribution in [2.75, 3.05) is 18.1 Å². The summed E-state index contributed by atoms with van der Waals surface area (Å²) in [7, 11) is 0. The van der Waals surface area contributed by atoms with Crippen LogP contribution in [0.5, 0.6) is 0 Å². The van der Waals surface area contributed by atoms with Crippen molar-refractivity contribution < 1.29 is 18.7 Å². The molecule has 0 fully saturated rings. The first-order chi connectivity index (χ1) is 12.5. The molecule has 0 spiro atoms. The Kier molecular flexibility index (Phi) is 5.71. The molecule has 1 aromatic carbocycles. The summed E-state index contributed by atoms with van der Waals surface area (Å²) in [4.78, 5) is 28.0. The summed E-state index contributed by atoms with van der Waals surface area (Å²) in [5.41, 5.74) is 1.81. The number of halogens is 1. The van der Waals surface area contributed by atoms with Crippen molar-refractivity contribution in [3.63, 3.8) is 0 Å². The number of anilines is 1. The Balaban J connectivity index is 1.61. The number of hydrogen-bond acceptors (Lipinski definition) is 4. The minimum Gasteiger partial charge on any atom is -0.451 e. The van der Waals surface area contributed by atoms with Crippen LogP contribution in [0.3, 0.4) is 0 Å². The highest BCUT2D eigenvalue weighted by Crippen LogP contribution is 2.32. The molecule has 3 rings (SSSR count). The van der Waals surface area contributed by atoms with Gasteiger partial charge in [-0.15, -0.1) is 11.3 Å². The van der Waals surface area contributed by atoms with Crippen molar-refractivity contribution >= 4 is 28.9 Å². The summed E-state index contributed by atoms with van der Waals surface area (Å²) in [5, 5.41) is 0. The van der Waals surface area contributed by atoms with E-state index < -0.39 is 5.97 Å². The quantitative estimate of drug-likeness (QED) is 0.735. The van der Waals surface area contributed by atoms with E-state index in [-0.39, 0.29) is 18.3 Å². The summed E-state index contributed by atoms with van der Waals surface area (Å²) < 4.78 is 18.3. The van der Waals surface area contributed by atoms with Crippen molar-refractivity contribution in [3.8, 4) is 0 Å². The first kappa shape index (κ1) is 18.6. The van der Waals surface area contributed by atoms with Gasteiger partial charge in [0, 0.05) is 17.1 Å². The first-order valence-electron chi connectivity index (χ1n) is 8.82. The van der Waals surface area contributed by atoms with Gasteiger partial charge in [-0.25, -0.2) is 9.18 Å². The number of carbonyl (C=O) groups is 2. The first-order valence-corrected chi connectivity index (χ1v) is 9.64. The van der Waals surface area contributed by atoms with Gasteiger partial charge < -0.3 is 9.64 Å². The molecule has 1 aromatic heterocycles. The van der Waals surface area contributed by atoms with Crippen LogP contribution in [0.1, 0.15) is 40.4 Å². The van der Waals surface area contributed by atoms with Gasteiger partial charge in [0.1, 0.15) is 10.7 Å². The summed E-state index contributed by atoms with van der Waals surface area (Å²) in [6.07, 6.45) is 3.14. The molecule has 0 N–H and O–H groups in total. The third kappa shape index (κ3) is 4.12. The maximum absolute atomic E-state index is 13.0. The third-order valence-corrected chi connectivity index (χ3v) is 5.83. The van der Waals surface area contributed by atoms with Gasteiger partial charge in [0.2, 0.25) is 0 Å². The lowest BCUT2D eigenvalue weighted by atomic mass is 9.90. The lowest BCUT2D eigenvalue weighted by molar-refractivity contribution is -0.121.